The number of benzene rings is 3. The first-order valence-corrected chi connectivity index (χ1v) is 13.2. The smallest absolute Gasteiger partial charge is 0.264 e. The average Bonchev–Trinajstić information content (AvgIpc) is 2.82. The predicted molar refractivity (Wildman–Crippen MR) is 140 cm³/mol. The molecule has 3 aromatic rings. The van der Waals surface area contributed by atoms with Crippen molar-refractivity contribution in [3.63, 3.8) is 0 Å². The van der Waals surface area contributed by atoms with Gasteiger partial charge in [-0.2, -0.15) is 0 Å². The van der Waals surface area contributed by atoms with Crippen molar-refractivity contribution in [3.05, 3.63) is 88.9 Å². The van der Waals surface area contributed by atoms with Crippen LogP contribution in [0.1, 0.15) is 37.4 Å². The summed E-state index contributed by atoms with van der Waals surface area (Å²) in [4.78, 5) is 13.4. The second-order valence-corrected chi connectivity index (χ2v) is 11.1. The van der Waals surface area contributed by atoms with Crippen LogP contribution >= 0.6 is 11.6 Å². The van der Waals surface area contributed by atoms with Crippen LogP contribution in [0.25, 0.3) is 0 Å². The van der Waals surface area contributed by atoms with Crippen LogP contribution in [0.3, 0.4) is 0 Å². The number of hydrogen-bond donors (Lipinski definition) is 1. The van der Waals surface area contributed by atoms with Gasteiger partial charge in [-0.3, -0.25) is 9.10 Å². The number of hydrogen-bond acceptors (Lipinski definition) is 4. The summed E-state index contributed by atoms with van der Waals surface area (Å²) in [6, 6.07) is 20.3. The Kier molecular flexibility index (Phi) is 8.81. The molecule has 0 saturated heterocycles. The van der Waals surface area contributed by atoms with E-state index in [0.717, 1.165) is 21.2 Å². The highest BCUT2D eigenvalue weighted by Gasteiger charge is 2.29. The van der Waals surface area contributed by atoms with Gasteiger partial charge < -0.3 is 10.1 Å². The third-order valence-corrected chi connectivity index (χ3v) is 7.67. The number of carbonyl (C=O) groups excluding carboxylic acids is 1. The first-order chi connectivity index (χ1) is 16.6. The molecule has 0 unspecified atom stereocenters. The maximum Gasteiger partial charge on any atom is 0.264 e. The summed E-state index contributed by atoms with van der Waals surface area (Å²) < 4.78 is 33.5. The zero-order valence-corrected chi connectivity index (χ0v) is 21.9. The number of carbonyl (C=O) groups is 1. The molecule has 0 bridgehead atoms. The molecule has 186 valence electrons. The number of nitrogens with one attached hydrogen (secondary N) is 1. The number of anilines is 1. The minimum absolute atomic E-state index is 0.0877. The summed E-state index contributed by atoms with van der Waals surface area (Å²) in [5.74, 6) is 0.595. The molecular weight excluding hydrogens is 484 g/mol. The molecule has 0 radical (unpaired) electrons. The van der Waals surface area contributed by atoms with Crippen LogP contribution < -0.4 is 14.4 Å². The summed E-state index contributed by atoms with van der Waals surface area (Å²) >= 11 is 6.37. The minimum Gasteiger partial charge on any atom is -0.497 e. The number of rotatable bonds is 10. The van der Waals surface area contributed by atoms with E-state index < -0.39 is 22.5 Å². The third-order valence-electron chi connectivity index (χ3n) is 5.58. The number of para-hydroxylation sites is 1. The zero-order chi connectivity index (χ0) is 25.6. The van der Waals surface area contributed by atoms with E-state index >= 15 is 0 Å². The summed E-state index contributed by atoms with van der Waals surface area (Å²) in [5, 5.41) is 3.27. The second kappa shape index (κ2) is 11.6. The first kappa shape index (κ1) is 26.6. The Morgan fingerprint density at radius 1 is 1.00 bits per heavy atom. The summed E-state index contributed by atoms with van der Waals surface area (Å²) in [5.41, 5.74) is 2.09. The molecule has 3 rings (SSSR count). The average molecular weight is 515 g/mol. The summed E-state index contributed by atoms with van der Waals surface area (Å²) in [6.45, 7) is 5.61. The minimum atomic E-state index is -4.05. The van der Waals surface area contributed by atoms with E-state index in [-0.39, 0.29) is 21.6 Å². The monoisotopic (exact) mass is 514 g/mol. The molecule has 8 heteroatoms. The fraction of sp³-hybridized carbons (Fsp3) is 0.296. The topological polar surface area (TPSA) is 75.7 Å². The normalized spacial score (nSPS) is 12.3. The maximum atomic E-state index is 13.6. The molecule has 0 fully saturated rings. The van der Waals surface area contributed by atoms with Crippen LogP contribution in [-0.4, -0.2) is 28.0 Å². The van der Waals surface area contributed by atoms with Crippen molar-refractivity contribution in [1.82, 2.24) is 5.32 Å². The van der Waals surface area contributed by atoms with Crippen LogP contribution in [-0.2, 0) is 14.8 Å². The van der Waals surface area contributed by atoms with Crippen LogP contribution in [0.2, 0.25) is 5.02 Å². The lowest BCUT2D eigenvalue weighted by Crippen LogP contribution is -2.42. The van der Waals surface area contributed by atoms with Crippen LogP contribution in [0.5, 0.6) is 5.75 Å². The Bertz CT molecular complexity index is 1240. The number of amides is 1. The molecule has 1 N–H and O–H groups in total. The van der Waals surface area contributed by atoms with Crippen molar-refractivity contribution < 1.29 is 17.9 Å². The van der Waals surface area contributed by atoms with E-state index in [1.54, 1.807) is 43.5 Å². The zero-order valence-electron chi connectivity index (χ0n) is 20.4. The second-order valence-electron chi connectivity index (χ2n) is 8.80. The summed E-state index contributed by atoms with van der Waals surface area (Å²) in [7, 11) is -2.45. The quantitative estimate of drug-likeness (QED) is 0.373. The first-order valence-electron chi connectivity index (χ1n) is 11.4. The van der Waals surface area contributed by atoms with Gasteiger partial charge in [0.1, 0.15) is 12.3 Å². The molecule has 0 spiro atoms. The Morgan fingerprint density at radius 2 is 1.63 bits per heavy atom. The highest BCUT2D eigenvalue weighted by molar-refractivity contribution is 7.92. The van der Waals surface area contributed by atoms with Crippen molar-refractivity contribution in [3.8, 4) is 5.75 Å². The molecule has 0 saturated carbocycles. The van der Waals surface area contributed by atoms with Gasteiger partial charge in [0.05, 0.1) is 28.8 Å². The van der Waals surface area contributed by atoms with Gasteiger partial charge in [0.15, 0.2) is 0 Å². The van der Waals surface area contributed by atoms with Crippen LogP contribution in [0, 0.1) is 12.8 Å². The molecule has 6 nitrogen and oxygen atoms in total. The molecule has 1 amide bonds. The third kappa shape index (κ3) is 6.77. The largest absolute Gasteiger partial charge is 0.497 e. The molecule has 3 aromatic carbocycles. The van der Waals surface area contributed by atoms with Gasteiger partial charge in [0.2, 0.25) is 5.91 Å². The van der Waals surface area contributed by atoms with Gasteiger partial charge in [0.25, 0.3) is 10.0 Å². The van der Waals surface area contributed by atoms with Crippen LogP contribution in [0.4, 0.5) is 5.69 Å². The van der Waals surface area contributed by atoms with E-state index in [4.69, 9.17) is 16.3 Å². The molecule has 0 aliphatic rings. The lowest BCUT2D eigenvalue weighted by molar-refractivity contribution is -0.120. The van der Waals surface area contributed by atoms with Crippen molar-refractivity contribution in [1.29, 1.82) is 0 Å². The number of methoxy groups -OCH3 is 1. The number of halogens is 1. The number of sulfonamides is 1. The molecule has 0 heterocycles. The maximum absolute atomic E-state index is 13.6. The van der Waals surface area contributed by atoms with Gasteiger partial charge in [-0.15, -0.1) is 0 Å². The van der Waals surface area contributed by atoms with E-state index in [0.29, 0.717) is 12.3 Å². The van der Waals surface area contributed by atoms with E-state index in [1.165, 1.54) is 12.1 Å². The van der Waals surface area contributed by atoms with E-state index in [1.807, 2.05) is 31.2 Å². The van der Waals surface area contributed by atoms with Gasteiger partial charge in [0, 0.05) is 0 Å². The Morgan fingerprint density at radius 3 is 2.20 bits per heavy atom. The Hall–Kier alpha value is -3.03. The Balaban J connectivity index is 1.93. The molecule has 35 heavy (non-hydrogen) atoms. The van der Waals surface area contributed by atoms with Gasteiger partial charge in [-0.25, -0.2) is 8.42 Å². The SMILES string of the molecule is COc1ccc([C@@H](CC(C)C)NC(=O)CN(c2ccccc2Cl)S(=O)(=O)c2ccc(C)cc2)cc1. The molecule has 0 aromatic heterocycles. The van der Waals surface area contributed by atoms with Crippen molar-refractivity contribution >= 4 is 33.2 Å². The van der Waals surface area contributed by atoms with Gasteiger partial charge in [-0.05, 0) is 61.2 Å². The number of ether oxygens (including phenoxy) is 1. The fourth-order valence-corrected chi connectivity index (χ4v) is 5.48. The standard InChI is InChI=1S/C27H31ClN2O4S/c1-19(2)17-25(21-11-13-22(34-4)14-12-21)29-27(31)18-30(26-8-6-5-7-24(26)28)35(32,33)23-15-9-20(3)10-16-23/h5-16,19,25H,17-18H2,1-4H3,(H,29,31)/t25-/m1/s1. The predicted octanol–water partition coefficient (Wildman–Crippen LogP) is 5.76. The van der Waals surface area contributed by atoms with Crippen molar-refractivity contribution in [2.24, 2.45) is 5.92 Å². The number of nitrogens with zero attached hydrogens (tertiary/aromatic N) is 1. The van der Waals surface area contributed by atoms with E-state index in [9.17, 15) is 13.2 Å². The fourth-order valence-electron chi connectivity index (χ4n) is 3.75. The number of aryl methyl sites for hydroxylation is 1. The molecule has 0 aliphatic carbocycles. The van der Waals surface area contributed by atoms with E-state index in [2.05, 4.69) is 19.2 Å². The van der Waals surface area contributed by atoms with Gasteiger partial charge >= 0.3 is 0 Å². The van der Waals surface area contributed by atoms with Crippen molar-refractivity contribution in [2.45, 2.75) is 38.1 Å². The van der Waals surface area contributed by atoms with Crippen molar-refractivity contribution in [2.75, 3.05) is 18.0 Å². The lowest BCUT2D eigenvalue weighted by Gasteiger charge is -2.27. The lowest BCUT2D eigenvalue weighted by atomic mass is 9.97. The molecule has 0 aliphatic heterocycles. The Labute approximate surface area is 212 Å². The molecular formula is C27H31ClN2O4S. The van der Waals surface area contributed by atoms with Gasteiger partial charge in [-0.1, -0.05) is 67.4 Å². The highest BCUT2D eigenvalue weighted by atomic mass is 35.5. The molecule has 1 atom stereocenters. The summed E-state index contributed by atoms with van der Waals surface area (Å²) in [6.07, 6.45) is 0.689. The van der Waals surface area contributed by atoms with Crippen LogP contribution in [0.15, 0.2) is 77.7 Å². The highest BCUT2D eigenvalue weighted by Crippen LogP contribution is 2.31.